The summed E-state index contributed by atoms with van der Waals surface area (Å²) in [7, 11) is 0. The maximum absolute atomic E-state index is 12.4. The molecule has 0 unspecified atom stereocenters. The summed E-state index contributed by atoms with van der Waals surface area (Å²) in [6.45, 7) is -1.58. The predicted molar refractivity (Wildman–Crippen MR) is 96.8 cm³/mol. The number of para-hydroxylation sites is 1. The predicted octanol–water partition coefficient (Wildman–Crippen LogP) is 3.18. The summed E-state index contributed by atoms with van der Waals surface area (Å²) >= 11 is 5.90. The second-order valence-electron chi connectivity index (χ2n) is 5.19. The standard InChI is InChI=1S/C18H17ClF2N2O5/c1-2-26-15-9-11(7-8-14(15)28-18(20)21)17(25)23-22-16(24)10-27-13-6-4-3-5-12(13)19/h3-9,18H,2,10H2,1H3,(H,22,24)(H,23,25). The number of halogens is 3. The third kappa shape index (κ3) is 6.27. The molecule has 0 aromatic heterocycles. The summed E-state index contributed by atoms with van der Waals surface area (Å²) in [5.41, 5.74) is 4.42. The van der Waals surface area contributed by atoms with Crippen molar-refractivity contribution >= 4 is 23.4 Å². The first-order chi connectivity index (χ1) is 13.4. The average Bonchev–Trinajstić information content (AvgIpc) is 2.66. The molecule has 2 rings (SSSR count). The topological polar surface area (TPSA) is 85.9 Å². The van der Waals surface area contributed by atoms with E-state index in [1.807, 2.05) is 0 Å². The van der Waals surface area contributed by atoms with E-state index in [0.717, 1.165) is 0 Å². The maximum Gasteiger partial charge on any atom is 0.387 e. The Labute approximate surface area is 164 Å². The van der Waals surface area contributed by atoms with Crippen molar-refractivity contribution in [2.75, 3.05) is 13.2 Å². The number of alkyl halides is 2. The van der Waals surface area contributed by atoms with Crippen molar-refractivity contribution < 1.29 is 32.6 Å². The van der Waals surface area contributed by atoms with Crippen LogP contribution < -0.4 is 25.1 Å². The van der Waals surface area contributed by atoms with Gasteiger partial charge in [0.15, 0.2) is 18.1 Å². The normalized spacial score (nSPS) is 10.3. The van der Waals surface area contributed by atoms with Crippen LogP contribution in [0.4, 0.5) is 8.78 Å². The Morgan fingerprint density at radius 3 is 2.46 bits per heavy atom. The van der Waals surface area contributed by atoms with E-state index in [-0.39, 0.29) is 30.3 Å². The number of amides is 2. The van der Waals surface area contributed by atoms with Gasteiger partial charge in [-0.25, -0.2) is 0 Å². The summed E-state index contributed by atoms with van der Waals surface area (Å²) in [6, 6.07) is 10.3. The Hall–Kier alpha value is -3.07. The van der Waals surface area contributed by atoms with E-state index in [0.29, 0.717) is 10.8 Å². The minimum atomic E-state index is -3.03. The highest BCUT2D eigenvalue weighted by molar-refractivity contribution is 6.32. The van der Waals surface area contributed by atoms with Gasteiger partial charge < -0.3 is 14.2 Å². The van der Waals surface area contributed by atoms with E-state index >= 15 is 0 Å². The van der Waals surface area contributed by atoms with Crippen LogP contribution in [-0.4, -0.2) is 31.6 Å². The number of carbonyl (C=O) groups is 2. The summed E-state index contributed by atoms with van der Waals surface area (Å²) in [6.07, 6.45) is 0. The Morgan fingerprint density at radius 2 is 1.79 bits per heavy atom. The van der Waals surface area contributed by atoms with E-state index in [1.165, 1.54) is 18.2 Å². The number of carbonyl (C=O) groups excluding carboxylic acids is 2. The second-order valence-corrected chi connectivity index (χ2v) is 5.60. The van der Waals surface area contributed by atoms with E-state index < -0.39 is 18.4 Å². The summed E-state index contributed by atoms with van der Waals surface area (Å²) < 4.78 is 39.6. The van der Waals surface area contributed by atoms with Crippen molar-refractivity contribution in [1.29, 1.82) is 0 Å². The first-order valence-electron chi connectivity index (χ1n) is 8.09. The van der Waals surface area contributed by atoms with Crippen molar-refractivity contribution in [3.8, 4) is 17.2 Å². The van der Waals surface area contributed by atoms with Crippen molar-refractivity contribution in [1.82, 2.24) is 10.9 Å². The molecule has 0 bridgehead atoms. The molecule has 0 spiro atoms. The van der Waals surface area contributed by atoms with Gasteiger partial charge in [0.2, 0.25) is 0 Å². The van der Waals surface area contributed by atoms with Gasteiger partial charge in [-0.15, -0.1) is 0 Å². The fourth-order valence-electron chi connectivity index (χ4n) is 2.05. The molecule has 0 saturated heterocycles. The molecule has 150 valence electrons. The molecule has 0 heterocycles. The molecule has 10 heteroatoms. The molecule has 0 aliphatic heterocycles. The molecule has 0 aliphatic rings. The van der Waals surface area contributed by atoms with Gasteiger partial charge in [-0.3, -0.25) is 20.4 Å². The SMILES string of the molecule is CCOc1cc(C(=O)NNC(=O)COc2ccccc2Cl)ccc1OC(F)F. The number of rotatable bonds is 8. The fourth-order valence-corrected chi connectivity index (χ4v) is 2.24. The molecule has 2 aromatic rings. The number of hydrogen-bond donors (Lipinski definition) is 2. The largest absolute Gasteiger partial charge is 0.490 e. The van der Waals surface area contributed by atoms with Crippen LogP contribution in [-0.2, 0) is 4.79 Å². The second kappa shape index (κ2) is 10.3. The molecule has 0 atom stereocenters. The molecule has 0 radical (unpaired) electrons. The Bertz CT molecular complexity index is 835. The van der Waals surface area contributed by atoms with Crippen LogP contribution >= 0.6 is 11.6 Å². The number of ether oxygens (including phenoxy) is 3. The monoisotopic (exact) mass is 414 g/mol. The lowest BCUT2D eigenvalue weighted by atomic mass is 10.2. The average molecular weight is 415 g/mol. The summed E-state index contributed by atoms with van der Waals surface area (Å²) in [5, 5.41) is 0.342. The zero-order chi connectivity index (χ0) is 20.5. The van der Waals surface area contributed by atoms with Crippen LogP contribution in [0.25, 0.3) is 0 Å². The first kappa shape index (κ1) is 21.2. The third-order valence-corrected chi connectivity index (χ3v) is 3.54. The smallest absolute Gasteiger partial charge is 0.387 e. The minimum absolute atomic E-state index is 0.0242. The molecule has 0 saturated carbocycles. The van der Waals surface area contributed by atoms with Crippen molar-refractivity contribution in [3.05, 3.63) is 53.1 Å². The van der Waals surface area contributed by atoms with Gasteiger partial charge in [0, 0.05) is 5.56 Å². The number of nitrogens with one attached hydrogen (secondary N) is 2. The minimum Gasteiger partial charge on any atom is -0.490 e. The quantitative estimate of drug-likeness (QED) is 0.648. The van der Waals surface area contributed by atoms with Gasteiger partial charge in [-0.05, 0) is 37.3 Å². The molecule has 28 heavy (non-hydrogen) atoms. The number of hydrazine groups is 1. The Kier molecular flexibility index (Phi) is 7.82. The zero-order valence-electron chi connectivity index (χ0n) is 14.7. The summed E-state index contributed by atoms with van der Waals surface area (Å²) in [5.74, 6) is -1.22. The highest BCUT2D eigenvalue weighted by atomic mass is 35.5. The number of benzene rings is 2. The number of hydrogen-bond acceptors (Lipinski definition) is 5. The maximum atomic E-state index is 12.4. The highest BCUT2D eigenvalue weighted by Crippen LogP contribution is 2.29. The third-order valence-electron chi connectivity index (χ3n) is 3.23. The van der Waals surface area contributed by atoms with Gasteiger partial charge in [-0.2, -0.15) is 8.78 Å². The molecule has 0 aliphatic carbocycles. The lowest BCUT2D eigenvalue weighted by molar-refractivity contribution is -0.123. The molecule has 2 N–H and O–H groups in total. The first-order valence-corrected chi connectivity index (χ1v) is 8.46. The van der Waals surface area contributed by atoms with Crippen molar-refractivity contribution in [2.45, 2.75) is 13.5 Å². The molecular formula is C18H17ClF2N2O5. The Balaban J connectivity index is 1.92. The Morgan fingerprint density at radius 1 is 1.04 bits per heavy atom. The van der Waals surface area contributed by atoms with Gasteiger partial charge in [-0.1, -0.05) is 23.7 Å². The fraction of sp³-hybridized carbons (Fsp3) is 0.222. The van der Waals surface area contributed by atoms with E-state index in [2.05, 4.69) is 15.6 Å². The molecular weight excluding hydrogens is 398 g/mol. The van der Waals surface area contributed by atoms with Crippen LogP contribution in [0.3, 0.4) is 0 Å². The van der Waals surface area contributed by atoms with Crippen LogP contribution in [0, 0.1) is 0 Å². The van der Waals surface area contributed by atoms with Gasteiger partial charge in [0.25, 0.3) is 11.8 Å². The van der Waals surface area contributed by atoms with Crippen LogP contribution in [0.5, 0.6) is 17.2 Å². The van der Waals surface area contributed by atoms with Gasteiger partial charge in [0.1, 0.15) is 5.75 Å². The van der Waals surface area contributed by atoms with E-state index in [4.69, 9.17) is 21.1 Å². The lowest BCUT2D eigenvalue weighted by Crippen LogP contribution is -2.43. The molecule has 2 aromatic carbocycles. The van der Waals surface area contributed by atoms with Crippen molar-refractivity contribution in [3.63, 3.8) is 0 Å². The summed E-state index contributed by atoms with van der Waals surface area (Å²) in [4.78, 5) is 23.9. The van der Waals surface area contributed by atoms with E-state index in [9.17, 15) is 18.4 Å². The molecule has 2 amide bonds. The van der Waals surface area contributed by atoms with Crippen LogP contribution in [0.1, 0.15) is 17.3 Å². The van der Waals surface area contributed by atoms with Crippen LogP contribution in [0.2, 0.25) is 5.02 Å². The lowest BCUT2D eigenvalue weighted by Gasteiger charge is -2.13. The molecule has 7 nitrogen and oxygen atoms in total. The zero-order valence-corrected chi connectivity index (χ0v) is 15.5. The van der Waals surface area contributed by atoms with Gasteiger partial charge in [0.05, 0.1) is 11.6 Å². The van der Waals surface area contributed by atoms with E-state index in [1.54, 1.807) is 31.2 Å². The van der Waals surface area contributed by atoms with Crippen molar-refractivity contribution in [2.24, 2.45) is 0 Å². The van der Waals surface area contributed by atoms with Gasteiger partial charge >= 0.3 is 6.61 Å². The molecule has 0 fully saturated rings. The van der Waals surface area contributed by atoms with Crippen LogP contribution in [0.15, 0.2) is 42.5 Å². The highest BCUT2D eigenvalue weighted by Gasteiger charge is 2.15.